The van der Waals surface area contributed by atoms with Crippen LogP contribution >= 0.6 is 0 Å². The van der Waals surface area contributed by atoms with Crippen molar-refractivity contribution in [3.05, 3.63) is 16.8 Å². The van der Waals surface area contributed by atoms with E-state index in [-0.39, 0.29) is 0 Å². The van der Waals surface area contributed by atoms with Crippen molar-refractivity contribution in [2.24, 2.45) is 5.73 Å². The molecular weight excluding hydrogens is 176 g/mol. The van der Waals surface area contributed by atoms with Gasteiger partial charge in [-0.05, 0) is 25.8 Å². The van der Waals surface area contributed by atoms with E-state index >= 15 is 0 Å². The molecule has 0 aromatic carbocycles. The summed E-state index contributed by atoms with van der Waals surface area (Å²) >= 11 is 0. The smallest absolute Gasteiger partial charge is 0.156 e. The van der Waals surface area contributed by atoms with Gasteiger partial charge in [0, 0.05) is 25.2 Å². The summed E-state index contributed by atoms with van der Waals surface area (Å²) in [6.07, 6.45) is 1.25. The van der Waals surface area contributed by atoms with Crippen LogP contribution in [0.1, 0.15) is 23.2 Å². The molecule has 0 bridgehead atoms. The molecule has 1 aliphatic rings. The first-order valence-electron chi connectivity index (χ1n) is 5.02. The zero-order valence-electron chi connectivity index (χ0n) is 8.75. The number of nitrogens with two attached hydrogens (primary N) is 1. The van der Waals surface area contributed by atoms with E-state index in [2.05, 4.69) is 22.0 Å². The number of anilines is 1. The van der Waals surface area contributed by atoms with Crippen LogP contribution in [0.3, 0.4) is 0 Å². The van der Waals surface area contributed by atoms with E-state index in [4.69, 9.17) is 5.73 Å². The lowest BCUT2D eigenvalue weighted by Gasteiger charge is -2.33. The fraction of sp³-hybridized carbons (Fsp3) is 0.600. The van der Waals surface area contributed by atoms with Gasteiger partial charge < -0.3 is 10.6 Å². The third-order valence-electron chi connectivity index (χ3n) is 2.92. The Balaban J connectivity index is 2.43. The molecule has 2 rings (SSSR count). The Labute approximate surface area is 84.1 Å². The highest BCUT2D eigenvalue weighted by atomic mass is 15.3. The number of rotatable bonds is 2. The molecule has 0 saturated carbocycles. The average molecular weight is 192 g/mol. The van der Waals surface area contributed by atoms with Gasteiger partial charge in [-0.1, -0.05) is 0 Å². The fourth-order valence-corrected chi connectivity index (χ4v) is 1.67. The predicted molar refractivity (Wildman–Crippen MR) is 56.2 cm³/mol. The predicted octanol–water partition coefficient (Wildman–Crippen LogP) is 0.762. The highest BCUT2D eigenvalue weighted by Crippen LogP contribution is 2.24. The molecule has 2 heterocycles. The lowest BCUT2D eigenvalue weighted by molar-refractivity contribution is 0.599. The maximum absolute atomic E-state index is 5.74. The molecule has 1 aromatic heterocycles. The average Bonchev–Trinajstić information content (AvgIpc) is 2.09. The Kier molecular flexibility index (Phi) is 2.37. The molecule has 1 aromatic rings. The Morgan fingerprint density at radius 1 is 1.29 bits per heavy atom. The van der Waals surface area contributed by atoms with Crippen LogP contribution in [0.2, 0.25) is 0 Å². The number of hydrogen-bond donors (Lipinski definition) is 1. The second-order valence-corrected chi connectivity index (χ2v) is 3.76. The Morgan fingerprint density at radius 3 is 2.50 bits per heavy atom. The van der Waals surface area contributed by atoms with Crippen molar-refractivity contribution < 1.29 is 0 Å². The second kappa shape index (κ2) is 3.53. The van der Waals surface area contributed by atoms with E-state index in [1.165, 1.54) is 12.0 Å². The fourth-order valence-electron chi connectivity index (χ4n) is 1.67. The monoisotopic (exact) mass is 192 g/mol. The SMILES string of the molecule is Cc1nnc(N2CCC2)c(CN)c1C. The molecule has 4 heteroatoms. The van der Waals surface area contributed by atoms with Crippen molar-refractivity contribution in [2.45, 2.75) is 26.8 Å². The van der Waals surface area contributed by atoms with Gasteiger partial charge in [-0.15, -0.1) is 5.10 Å². The first-order valence-corrected chi connectivity index (χ1v) is 5.02. The summed E-state index contributed by atoms with van der Waals surface area (Å²) in [7, 11) is 0. The van der Waals surface area contributed by atoms with Crippen LogP contribution in [-0.2, 0) is 6.54 Å². The molecule has 76 valence electrons. The molecule has 0 spiro atoms. The Hall–Kier alpha value is -1.16. The number of aryl methyl sites for hydroxylation is 1. The highest BCUT2D eigenvalue weighted by molar-refractivity contribution is 5.51. The highest BCUT2D eigenvalue weighted by Gasteiger charge is 2.20. The number of nitrogens with zero attached hydrogens (tertiary/aromatic N) is 3. The molecule has 14 heavy (non-hydrogen) atoms. The van der Waals surface area contributed by atoms with Crippen molar-refractivity contribution >= 4 is 5.82 Å². The molecule has 1 saturated heterocycles. The molecule has 2 N–H and O–H groups in total. The van der Waals surface area contributed by atoms with Gasteiger partial charge in [0.1, 0.15) is 0 Å². The van der Waals surface area contributed by atoms with Gasteiger partial charge in [0.25, 0.3) is 0 Å². The quantitative estimate of drug-likeness (QED) is 0.751. The van der Waals surface area contributed by atoms with Gasteiger partial charge in [0.2, 0.25) is 0 Å². The van der Waals surface area contributed by atoms with Crippen molar-refractivity contribution in [3.63, 3.8) is 0 Å². The van der Waals surface area contributed by atoms with Crippen LogP contribution in [0, 0.1) is 13.8 Å². The summed E-state index contributed by atoms with van der Waals surface area (Å²) in [5.41, 5.74) is 9.06. The Bertz CT molecular complexity index is 344. The Morgan fingerprint density at radius 2 is 2.00 bits per heavy atom. The van der Waals surface area contributed by atoms with Gasteiger partial charge in [0.15, 0.2) is 5.82 Å². The number of hydrogen-bond acceptors (Lipinski definition) is 4. The second-order valence-electron chi connectivity index (χ2n) is 3.76. The molecule has 1 fully saturated rings. The maximum atomic E-state index is 5.74. The number of aromatic nitrogens is 2. The van der Waals surface area contributed by atoms with Gasteiger partial charge in [-0.25, -0.2) is 0 Å². The van der Waals surface area contributed by atoms with Gasteiger partial charge >= 0.3 is 0 Å². The molecule has 4 nitrogen and oxygen atoms in total. The summed E-state index contributed by atoms with van der Waals surface area (Å²) in [6.45, 7) is 6.76. The third-order valence-corrected chi connectivity index (χ3v) is 2.92. The third kappa shape index (κ3) is 1.35. The largest absolute Gasteiger partial charge is 0.355 e. The minimum atomic E-state index is 0.550. The molecule has 0 atom stereocenters. The van der Waals surface area contributed by atoms with E-state index in [0.29, 0.717) is 6.54 Å². The lowest BCUT2D eigenvalue weighted by atomic mass is 10.1. The lowest BCUT2D eigenvalue weighted by Crippen LogP contribution is -2.39. The van der Waals surface area contributed by atoms with Gasteiger partial charge in [-0.2, -0.15) is 5.10 Å². The molecule has 0 unspecified atom stereocenters. The minimum absolute atomic E-state index is 0.550. The van der Waals surface area contributed by atoms with E-state index in [0.717, 1.165) is 30.2 Å². The molecule has 0 radical (unpaired) electrons. The molecular formula is C10H16N4. The normalized spacial score (nSPS) is 15.5. The first-order chi connectivity index (χ1) is 6.74. The summed E-state index contributed by atoms with van der Waals surface area (Å²) in [4.78, 5) is 2.24. The molecule has 0 aliphatic carbocycles. The van der Waals surface area contributed by atoms with Crippen molar-refractivity contribution in [2.75, 3.05) is 18.0 Å². The summed E-state index contributed by atoms with van der Waals surface area (Å²) in [5, 5.41) is 8.37. The van der Waals surface area contributed by atoms with E-state index in [9.17, 15) is 0 Å². The standard InChI is InChI=1S/C10H16N4/c1-7-8(2)12-13-10(9(7)6-11)14-4-3-5-14/h3-6,11H2,1-2H3. The summed E-state index contributed by atoms with van der Waals surface area (Å²) in [5.74, 6) is 0.988. The van der Waals surface area contributed by atoms with Crippen LogP contribution in [0.15, 0.2) is 0 Å². The van der Waals surface area contributed by atoms with Crippen LogP contribution in [0.4, 0.5) is 5.82 Å². The van der Waals surface area contributed by atoms with E-state index in [1.54, 1.807) is 0 Å². The van der Waals surface area contributed by atoms with Crippen molar-refractivity contribution in [1.82, 2.24) is 10.2 Å². The van der Waals surface area contributed by atoms with Crippen LogP contribution in [0.25, 0.3) is 0 Å². The van der Waals surface area contributed by atoms with Crippen LogP contribution < -0.4 is 10.6 Å². The zero-order chi connectivity index (χ0) is 10.1. The summed E-state index contributed by atoms with van der Waals surface area (Å²) < 4.78 is 0. The van der Waals surface area contributed by atoms with Crippen LogP contribution in [-0.4, -0.2) is 23.3 Å². The van der Waals surface area contributed by atoms with E-state index < -0.39 is 0 Å². The minimum Gasteiger partial charge on any atom is -0.355 e. The molecule has 0 amide bonds. The van der Waals surface area contributed by atoms with Crippen molar-refractivity contribution in [3.8, 4) is 0 Å². The molecule has 1 aliphatic heterocycles. The first kappa shape index (κ1) is 9.40. The van der Waals surface area contributed by atoms with Crippen molar-refractivity contribution in [1.29, 1.82) is 0 Å². The van der Waals surface area contributed by atoms with Gasteiger partial charge in [0.05, 0.1) is 5.69 Å². The van der Waals surface area contributed by atoms with Crippen LogP contribution in [0.5, 0.6) is 0 Å². The topological polar surface area (TPSA) is 55.0 Å². The van der Waals surface area contributed by atoms with Gasteiger partial charge in [-0.3, -0.25) is 0 Å². The van der Waals surface area contributed by atoms with E-state index in [1.807, 2.05) is 6.92 Å². The summed E-state index contributed by atoms with van der Waals surface area (Å²) in [6, 6.07) is 0. The maximum Gasteiger partial charge on any atom is 0.156 e. The zero-order valence-corrected chi connectivity index (χ0v) is 8.75.